The molecule has 0 aliphatic rings. The summed E-state index contributed by atoms with van der Waals surface area (Å²) >= 11 is 0. The molecule has 0 spiro atoms. The Morgan fingerprint density at radius 2 is 2.33 bits per heavy atom. The fourth-order valence-corrected chi connectivity index (χ4v) is 1.30. The van der Waals surface area contributed by atoms with Crippen LogP contribution in [0.15, 0.2) is 12.3 Å². The Balaban J connectivity index is 2.93. The van der Waals surface area contributed by atoms with Crippen LogP contribution in [0.25, 0.3) is 0 Å². The van der Waals surface area contributed by atoms with Crippen LogP contribution in [0.3, 0.4) is 0 Å². The molecule has 18 heavy (non-hydrogen) atoms. The molecule has 1 rings (SSSR count). The van der Waals surface area contributed by atoms with Crippen molar-refractivity contribution in [2.75, 3.05) is 31.7 Å². The smallest absolute Gasteiger partial charge is 0.376 e. The molecule has 0 saturated carbocycles. The number of methoxy groups -OCH3 is 1. The Labute approximate surface area is 102 Å². The Morgan fingerprint density at radius 1 is 1.61 bits per heavy atom. The van der Waals surface area contributed by atoms with E-state index in [-0.39, 0.29) is 24.8 Å². The highest BCUT2D eigenvalue weighted by Crippen LogP contribution is 2.12. The van der Waals surface area contributed by atoms with Gasteiger partial charge in [0.15, 0.2) is 0 Å². The van der Waals surface area contributed by atoms with E-state index in [0.29, 0.717) is 0 Å². The first-order valence-electron chi connectivity index (χ1n) is 5.13. The highest BCUT2D eigenvalue weighted by atomic mass is 19.3. The van der Waals surface area contributed by atoms with E-state index in [1.165, 1.54) is 24.3 Å². The molecule has 0 radical (unpaired) electrons. The van der Waals surface area contributed by atoms with E-state index in [1.54, 1.807) is 0 Å². The number of hydrogen-bond acceptors (Lipinski definition) is 6. The third-order valence-electron chi connectivity index (χ3n) is 2.06. The molecule has 1 N–H and O–H groups in total. The van der Waals surface area contributed by atoms with Crippen molar-refractivity contribution in [1.29, 1.82) is 0 Å². The largest absolute Gasteiger partial charge is 0.463 e. The van der Waals surface area contributed by atoms with Crippen LogP contribution in [0.2, 0.25) is 0 Å². The van der Waals surface area contributed by atoms with Crippen LogP contribution in [0.4, 0.5) is 14.6 Å². The van der Waals surface area contributed by atoms with E-state index in [9.17, 15) is 13.6 Å². The van der Waals surface area contributed by atoms with Gasteiger partial charge in [0.1, 0.15) is 5.82 Å². The van der Waals surface area contributed by atoms with Crippen LogP contribution in [0.1, 0.15) is 10.6 Å². The van der Waals surface area contributed by atoms with Crippen LogP contribution in [-0.4, -0.2) is 54.3 Å². The van der Waals surface area contributed by atoms with Gasteiger partial charge < -0.3 is 14.7 Å². The lowest BCUT2D eigenvalue weighted by atomic mass is 10.4. The molecule has 0 amide bonds. The molecule has 1 heterocycles. The average molecular weight is 261 g/mol. The fraction of sp³-hybridized carbons (Fsp3) is 0.500. The predicted octanol–water partition coefficient (Wildman–Crippen LogP) is 0.327. The molecule has 1 aromatic rings. The highest BCUT2D eigenvalue weighted by Gasteiger charge is 2.16. The zero-order chi connectivity index (χ0) is 13.5. The molecule has 100 valence electrons. The molecular weight excluding hydrogens is 248 g/mol. The van der Waals surface area contributed by atoms with Crippen molar-refractivity contribution < 1.29 is 23.4 Å². The Kier molecular flexibility index (Phi) is 5.37. The maximum atomic E-state index is 12.4. The fourth-order valence-electron chi connectivity index (χ4n) is 1.30. The van der Waals surface area contributed by atoms with Gasteiger partial charge >= 0.3 is 5.97 Å². The van der Waals surface area contributed by atoms with Crippen molar-refractivity contribution in [3.05, 3.63) is 18.1 Å². The number of aliphatic hydroxyl groups is 1. The number of aliphatic hydroxyl groups excluding tert-OH is 1. The number of esters is 1. The predicted molar refractivity (Wildman–Crippen MR) is 58.7 cm³/mol. The van der Waals surface area contributed by atoms with Gasteiger partial charge in [-0.05, 0) is 6.07 Å². The Hall–Kier alpha value is -1.83. The van der Waals surface area contributed by atoms with E-state index < -0.39 is 18.9 Å². The summed E-state index contributed by atoms with van der Waals surface area (Å²) in [5.74, 6) is -0.829. The Bertz CT molecular complexity index is 404. The molecule has 0 aromatic carbocycles. The molecule has 0 saturated heterocycles. The number of anilines is 1. The molecule has 0 fully saturated rings. The lowest BCUT2D eigenvalue weighted by molar-refractivity contribution is 0.0587. The molecule has 0 bridgehead atoms. The number of rotatable bonds is 6. The van der Waals surface area contributed by atoms with Crippen LogP contribution < -0.4 is 4.90 Å². The van der Waals surface area contributed by atoms with Gasteiger partial charge in [0.2, 0.25) is 5.82 Å². The van der Waals surface area contributed by atoms with E-state index in [1.807, 2.05) is 0 Å². The summed E-state index contributed by atoms with van der Waals surface area (Å²) in [6.07, 6.45) is -1.31. The second-order valence-electron chi connectivity index (χ2n) is 3.29. The van der Waals surface area contributed by atoms with E-state index in [2.05, 4.69) is 14.7 Å². The number of nitrogens with zero attached hydrogens (tertiary/aromatic N) is 3. The van der Waals surface area contributed by atoms with Gasteiger partial charge in [0, 0.05) is 12.7 Å². The maximum absolute atomic E-state index is 12.4. The molecule has 1 aromatic heterocycles. The number of hydrogen-bond donors (Lipinski definition) is 1. The summed E-state index contributed by atoms with van der Waals surface area (Å²) < 4.78 is 29.2. The van der Waals surface area contributed by atoms with Crippen molar-refractivity contribution >= 4 is 11.8 Å². The van der Waals surface area contributed by atoms with Gasteiger partial charge in [-0.2, -0.15) is 0 Å². The molecule has 8 heteroatoms. The summed E-state index contributed by atoms with van der Waals surface area (Å²) in [6, 6.07) is 1.38. The normalized spacial score (nSPS) is 10.5. The van der Waals surface area contributed by atoms with E-state index in [4.69, 9.17) is 5.11 Å². The van der Waals surface area contributed by atoms with Crippen molar-refractivity contribution in [3.63, 3.8) is 0 Å². The minimum atomic E-state index is -2.58. The van der Waals surface area contributed by atoms with E-state index >= 15 is 0 Å². The number of halogens is 2. The summed E-state index contributed by atoms with van der Waals surface area (Å²) in [4.78, 5) is 19.9. The molecule has 0 unspecified atom stereocenters. The lowest BCUT2D eigenvalue weighted by Gasteiger charge is -2.22. The van der Waals surface area contributed by atoms with Gasteiger partial charge in [-0.1, -0.05) is 0 Å². The number of carbonyl (C=O) groups excluding carboxylic acids is 1. The molecular formula is C10H13F2N3O3. The monoisotopic (exact) mass is 261 g/mol. The summed E-state index contributed by atoms with van der Waals surface area (Å²) in [5.41, 5.74) is 0. The van der Waals surface area contributed by atoms with Crippen LogP contribution >= 0.6 is 0 Å². The minimum Gasteiger partial charge on any atom is -0.463 e. The third kappa shape index (κ3) is 3.88. The first kappa shape index (κ1) is 14.2. The topological polar surface area (TPSA) is 75.5 Å². The van der Waals surface area contributed by atoms with Crippen LogP contribution in [-0.2, 0) is 4.74 Å². The average Bonchev–Trinajstić information content (AvgIpc) is 2.37. The minimum absolute atomic E-state index is 0.0119. The molecule has 0 atom stereocenters. The van der Waals surface area contributed by atoms with Crippen LogP contribution in [0.5, 0.6) is 0 Å². The second kappa shape index (κ2) is 6.80. The van der Waals surface area contributed by atoms with Gasteiger partial charge in [0.05, 0.1) is 20.3 Å². The second-order valence-corrected chi connectivity index (χ2v) is 3.29. The first-order chi connectivity index (χ1) is 8.58. The van der Waals surface area contributed by atoms with Gasteiger partial charge in [-0.15, -0.1) is 0 Å². The van der Waals surface area contributed by atoms with Gasteiger partial charge in [0.25, 0.3) is 6.43 Å². The van der Waals surface area contributed by atoms with E-state index in [0.717, 1.165) is 0 Å². The number of alkyl halides is 2. The zero-order valence-electron chi connectivity index (χ0n) is 9.71. The standard InChI is InChI=1S/C10H13F2N3O3/c1-18-10(17)9-13-3-2-8(14-9)15(4-5-16)6-7(11)12/h2-3,7,16H,4-6H2,1H3. The SMILES string of the molecule is COC(=O)c1nccc(N(CCO)CC(F)F)n1. The van der Waals surface area contributed by atoms with Gasteiger partial charge in [-0.3, -0.25) is 0 Å². The van der Waals surface area contributed by atoms with Crippen molar-refractivity contribution in [3.8, 4) is 0 Å². The summed E-state index contributed by atoms with van der Waals surface area (Å²) in [6.45, 7) is -0.898. The summed E-state index contributed by atoms with van der Waals surface area (Å²) in [7, 11) is 1.17. The first-order valence-corrected chi connectivity index (χ1v) is 5.13. The number of aromatic nitrogens is 2. The molecule has 0 aliphatic heterocycles. The van der Waals surface area contributed by atoms with Crippen molar-refractivity contribution in [2.24, 2.45) is 0 Å². The number of ether oxygens (including phenoxy) is 1. The Morgan fingerprint density at radius 3 is 2.89 bits per heavy atom. The van der Waals surface area contributed by atoms with Gasteiger partial charge in [-0.25, -0.2) is 23.5 Å². The van der Waals surface area contributed by atoms with Crippen molar-refractivity contribution in [1.82, 2.24) is 9.97 Å². The zero-order valence-corrected chi connectivity index (χ0v) is 9.71. The van der Waals surface area contributed by atoms with Crippen molar-refractivity contribution in [2.45, 2.75) is 6.43 Å². The quantitative estimate of drug-likeness (QED) is 0.744. The highest BCUT2D eigenvalue weighted by molar-refractivity contribution is 5.85. The molecule has 0 aliphatic carbocycles. The summed E-state index contributed by atoms with van der Waals surface area (Å²) in [5, 5.41) is 8.81. The number of carbonyl (C=O) groups is 1. The molecule has 6 nitrogen and oxygen atoms in total. The third-order valence-corrected chi connectivity index (χ3v) is 2.06. The lowest BCUT2D eigenvalue weighted by Crippen LogP contribution is -2.32. The maximum Gasteiger partial charge on any atom is 0.376 e. The van der Waals surface area contributed by atoms with Crippen LogP contribution in [0, 0.1) is 0 Å².